The van der Waals surface area contributed by atoms with Gasteiger partial charge in [0.25, 0.3) is 0 Å². The minimum Gasteiger partial charge on any atom is -0.481 e. The summed E-state index contributed by atoms with van der Waals surface area (Å²) < 4.78 is 36.0. The molecule has 4 nitrogen and oxygen atoms in total. The smallest absolute Gasteiger partial charge is 0.389 e. The Morgan fingerprint density at radius 1 is 1.22 bits per heavy atom. The highest BCUT2D eigenvalue weighted by Crippen LogP contribution is 2.22. The zero-order valence-electron chi connectivity index (χ0n) is 10.5. The number of carbonyl (C=O) groups is 2. The molecule has 0 aliphatic heterocycles. The monoisotopic (exact) mass is 269 g/mol. The third-order valence-electron chi connectivity index (χ3n) is 2.36. The van der Waals surface area contributed by atoms with Crippen LogP contribution in [0.15, 0.2) is 0 Å². The lowest BCUT2D eigenvalue weighted by Gasteiger charge is -2.26. The van der Waals surface area contributed by atoms with E-state index in [1.807, 2.05) is 0 Å². The second-order valence-corrected chi connectivity index (χ2v) is 4.29. The predicted molar refractivity (Wildman–Crippen MR) is 59.0 cm³/mol. The number of alkyl halides is 3. The van der Waals surface area contributed by atoms with Crippen molar-refractivity contribution in [2.75, 3.05) is 6.54 Å². The van der Waals surface area contributed by atoms with Gasteiger partial charge in [0.2, 0.25) is 5.91 Å². The van der Waals surface area contributed by atoms with Crippen molar-refractivity contribution in [3.63, 3.8) is 0 Å². The fourth-order valence-electron chi connectivity index (χ4n) is 1.46. The van der Waals surface area contributed by atoms with Crippen molar-refractivity contribution in [2.45, 2.75) is 51.7 Å². The molecule has 106 valence electrons. The van der Waals surface area contributed by atoms with E-state index in [4.69, 9.17) is 5.11 Å². The van der Waals surface area contributed by atoms with Crippen LogP contribution in [0.5, 0.6) is 0 Å². The van der Waals surface area contributed by atoms with Crippen molar-refractivity contribution in [3.05, 3.63) is 0 Å². The largest absolute Gasteiger partial charge is 0.481 e. The fraction of sp³-hybridized carbons (Fsp3) is 0.818. The van der Waals surface area contributed by atoms with Gasteiger partial charge in [-0.3, -0.25) is 9.59 Å². The Morgan fingerprint density at radius 2 is 1.78 bits per heavy atom. The Labute approximate surface area is 104 Å². The minimum atomic E-state index is -4.35. The lowest BCUT2D eigenvalue weighted by Crippen LogP contribution is -2.38. The first-order valence-electron chi connectivity index (χ1n) is 5.71. The van der Waals surface area contributed by atoms with Gasteiger partial charge in [-0.25, -0.2) is 0 Å². The molecular formula is C11H18F3NO3. The quantitative estimate of drug-likeness (QED) is 0.772. The number of hydrogen-bond acceptors (Lipinski definition) is 2. The molecule has 0 aliphatic carbocycles. The summed E-state index contributed by atoms with van der Waals surface area (Å²) in [5, 5.41) is 8.46. The first-order chi connectivity index (χ1) is 8.13. The number of carboxylic acids is 1. The molecule has 1 N–H and O–H groups in total. The Morgan fingerprint density at radius 3 is 2.17 bits per heavy atom. The van der Waals surface area contributed by atoms with E-state index < -0.39 is 30.9 Å². The Balaban J connectivity index is 4.24. The first-order valence-corrected chi connectivity index (χ1v) is 5.71. The number of rotatable bonds is 7. The highest BCUT2D eigenvalue weighted by atomic mass is 19.4. The number of hydrogen-bond donors (Lipinski definition) is 1. The molecule has 0 aromatic rings. The van der Waals surface area contributed by atoms with Crippen LogP contribution < -0.4 is 0 Å². The van der Waals surface area contributed by atoms with Crippen LogP contribution in [-0.4, -0.2) is 40.6 Å². The van der Waals surface area contributed by atoms with Gasteiger partial charge in [-0.05, 0) is 20.3 Å². The SMILES string of the molecule is CC(C)N(CCCC(=O)O)C(=O)CCC(F)(F)F. The summed E-state index contributed by atoms with van der Waals surface area (Å²) in [5.41, 5.74) is 0. The average molecular weight is 269 g/mol. The van der Waals surface area contributed by atoms with E-state index in [1.54, 1.807) is 13.8 Å². The van der Waals surface area contributed by atoms with Gasteiger partial charge in [-0.2, -0.15) is 13.2 Å². The van der Waals surface area contributed by atoms with Crippen molar-refractivity contribution >= 4 is 11.9 Å². The normalized spacial score (nSPS) is 11.7. The van der Waals surface area contributed by atoms with Crippen LogP contribution in [0.3, 0.4) is 0 Å². The van der Waals surface area contributed by atoms with Crippen LogP contribution in [0.25, 0.3) is 0 Å². The van der Waals surface area contributed by atoms with Crippen LogP contribution in [0.2, 0.25) is 0 Å². The molecule has 0 spiro atoms. The first kappa shape index (κ1) is 16.7. The second kappa shape index (κ2) is 7.23. The van der Waals surface area contributed by atoms with Crippen LogP contribution in [0.4, 0.5) is 13.2 Å². The van der Waals surface area contributed by atoms with Crippen LogP contribution >= 0.6 is 0 Å². The molecular weight excluding hydrogens is 251 g/mol. The summed E-state index contributed by atoms with van der Waals surface area (Å²) in [4.78, 5) is 23.2. The summed E-state index contributed by atoms with van der Waals surface area (Å²) in [6, 6.07) is -0.237. The topological polar surface area (TPSA) is 57.6 Å². The van der Waals surface area contributed by atoms with E-state index in [-0.39, 0.29) is 25.4 Å². The lowest BCUT2D eigenvalue weighted by atomic mass is 10.2. The number of carboxylic acid groups (broad SMARTS) is 1. The average Bonchev–Trinajstić information content (AvgIpc) is 2.19. The maximum atomic E-state index is 12.0. The van der Waals surface area contributed by atoms with Gasteiger partial charge >= 0.3 is 12.1 Å². The number of halogens is 3. The third-order valence-corrected chi connectivity index (χ3v) is 2.36. The van der Waals surface area contributed by atoms with Gasteiger partial charge in [-0.15, -0.1) is 0 Å². The molecule has 0 atom stereocenters. The molecule has 0 rings (SSSR count). The molecule has 0 aliphatic rings. The number of amides is 1. The summed E-state index contributed by atoms with van der Waals surface area (Å²) in [6.07, 6.45) is -5.94. The van der Waals surface area contributed by atoms with Crippen molar-refractivity contribution in [3.8, 4) is 0 Å². The van der Waals surface area contributed by atoms with Gasteiger partial charge in [0, 0.05) is 25.4 Å². The summed E-state index contributed by atoms with van der Waals surface area (Å²) >= 11 is 0. The minimum absolute atomic E-state index is 0.101. The van der Waals surface area contributed by atoms with E-state index >= 15 is 0 Å². The van der Waals surface area contributed by atoms with E-state index in [2.05, 4.69) is 0 Å². The van der Waals surface area contributed by atoms with E-state index in [1.165, 1.54) is 4.90 Å². The molecule has 0 fully saturated rings. The maximum Gasteiger partial charge on any atom is 0.389 e. The summed E-state index contributed by atoms with van der Waals surface area (Å²) in [6.45, 7) is 3.54. The maximum absolute atomic E-state index is 12.0. The van der Waals surface area contributed by atoms with Gasteiger partial charge in [0.1, 0.15) is 0 Å². The second-order valence-electron chi connectivity index (χ2n) is 4.29. The van der Waals surface area contributed by atoms with Gasteiger partial charge in [0.05, 0.1) is 6.42 Å². The van der Waals surface area contributed by atoms with E-state index in [0.717, 1.165) is 0 Å². The molecule has 18 heavy (non-hydrogen) atoms. The highest BCUT2D eigenvalue weighted by Gasteiger charge is 2.29. The van der Waals surface area contributed by atoms with Gasteiger partial charge in [0.15, 0.2) is 0 Å². The highest BCUT2D eigenvalue weighted by molar-refractivity contribution is 5.76. The van der Waals surface area contributed by atoms with Crippen LogP contribution in [0, 0.1) is 0 Å². The summed E-state index contributed by atoms with van der Waals surface area (Å²) in [5.74, 6) is -1.57. The predicted octanol–water partition coefficient (Wildman–Crippen LogP) is 2.43. The van der Waals surface area contributed by atoms with Gasteiger partial charge < -0.3 is 10.0 Å². The Hall–Kier alpha value is -1.27. The Kier molecular flexibility index (Phi) is 6.72. The van der Waals surface area contributed by atoms with E-state index in [0.29, 0.717) is 0 Å². The van der Waals surface area contributed by atoms with Gasteiger partial charge in [-0.1, -0.05) is 0 Å². The standard InChI is InChI=1S/C11H18F3NO3/c1-8(2)15(7-3-4-10(17)18)9(16)5-6-11(12,13)14/h8H,3-7H2,1-2H3,(H,17,18). The summed E-state index contributed by atoms with van der Waals surface area (Å²) in [7, 11) is 0. The van der Waals surface area contributed by atoms with Crippen molar-refractivity contribution in [1.82, 2.24) is 4.90 Å². The van der Waals surface area contributed by atoms with Crippen molar-refractivity contribution < 1.29 is 27.9 Å². The molecule has 0 radical (unpaired) electrons. The molecule has 0 aromatic carbocycles. The Bertz CT molecular complexity index is 290. The molecule has 0 aromatic heterocycles. The molecule has 7 heteroatoms. The zero-order valence-corrected chi connectivity index (χ0v) is 10.5. The zero-order chi connectivity index (χ0) is 14.3. The van der Waals surface area contributed by atoms with Crippen LogP contribution in [-0.2, 0) is 9.59 Å². The lowest BCUT2D eigenvalue weighted by molar-refractivity contribution is -0.150. The molecule has 0 saturated heterocycles. The molecule has 0 bridgehead atoms. The van der Waals surface area contributed by atoms with E-state index in [9.17, 15) is 22.8 Å². The van der Waals surface area contributed by atoms with Crippen molar-refractivity contribution in [1.29, 1.82) is 0 Å². The van der Waals surface area contributed by atoms with Crippen LogP contribution in [0.1, 0.15) is 39.5 Å². The molecule has 0 unspecified atom stereocenters. The number of nitrogens with zero attached hydrogens (tertiary/aromatic N) is 1. The third kappa shape index (κ3) is 7.92. The van der Waals surface area contributed by atoms with Crippen molar-refractivity contribution in [2.24, 2.45) is 0 Å². The molecule has 0 heterocycles. The molecule has 0 saturated carbocycles. The fourth-order valence-corrected chi connectivity index (χ4v) is 1.46. The number of aliphatic carboxylic acids is 1. The number of carbonyl (C=O) groups excluding carboxylic acids is 1. The molecule has 1 amide bonds.